The summed E-state index contributed by atoms with van der Waals surface area (Å²) in [5, 5.41) is 10.2. The number of hydrogen-bond donors (Lipinski definition) is 1. The zero-order valence-electron chi connectivity index (χ0n) is 14.7. The van der Waals surface area contributed by atoms with Gasteiger partial charge in [0.2, 0.25) is 0 Å². The van der Waals surface area contributed by atoms with Crippen LogP contribution >= 0.6 is 0 Å². The number of likely N-dealkylation sites (tertiary alicyclic amines) is 1. The molecule has 24 heavy (non-hydrogen) atoms. The number of ether oxygens (including phenoxy) is 3. The van der Waals surface area contributed by atoms with Gasteiger partial charge in [-0.15, -0.1) is 0 Å². The molecule has 0 spiro atoms. The molecule has 1 saturated heterocycles. The van der Waals surface area contributed by atoms with Gasteiger partial charge < -0.3 is 24.2 Å². The summed E-state index contributed by atoms with van der Waals surface area (Å²) in [6, 6.07) is 7.65. The summed E-state index contributed by atoms with van der Waals surface area (Å²) in [4.78, 5) is 2.35. The van der Waals surface area contributed by atoms with Gasteiger partial charge in [-0.25, -0.2) is 0 Å². The number of piperidine rings is 1. The van der Waals surface area contributed by atoms with Crippen molar-refractivity contribution in [1.82, 2.24) is 4.90 Å². The molecule has 1 aromatic rings. The molecule has 1 fully saturated rings. The van der Waals surface area contributed by atoms with Crippen LogP contribution in [0.5, 0.6) is 11.5 Å². The van der Waals surface area contributed by atoms with E-state index in [0.717, 1.165) is 24.6 Å². The second-order valence-corrected chi connectivity index (χ2v) is 7.35. The number of para-hydroxylation sites is 2. The average molecular weight is 335 g/mol. The fourth-order valence-electron chi connectivity index (χ4n) is 3.77. The van der Waals surface area contributed by atoms with E-state index in [1.54, 1.807) is 0 Å². The predicted molar refractivity (Wildman–Crippen MR) is 92.6 cm³/mol. The number of fused-ring (bicyclic) bond motifs is 1. The molecule has 0 amide bonds. The van der Waals surface area contributed by atoms with Crippen LogP contribution in [0.25, 0.3) is 0 Å². The second kappa shape index (κ2) is 8.19. The van der Waals surface area contributed by atoms with Gasteiger partial charge in [0.1, 0.15) is 6.61 Å². The van der Waals surface area contributed by atoms with E-state index in [2.05, 4.69) is 18.7 Å². The van der Waals surface area contributed by atoms with Crippen LogP contribution < -0.4 is 9.47 Å². The maximum Gasteiger partial charge on any atom is 0.161 e. The third kappa shape index (κ3) is 4.85. The summed E-state index contributed by atoms with van der Waals surface area (Å²) >= 11 is 0. The summed E-state index contributed by atoms with van der Waals surface area (Å²) in [6.45, 7) is 8.62. The zero-order valence-corrected chi connectivity index (χ0v) is 14.7. The Morgan fingerprint density at radius 1 is 1.21 bits per heavy atom. The Labute approximate surface area is 144 Å². The van der Waals surface area contributed by atoms with Gasteiger partial charge in [0.05, 0.1) is 19.3 Å². The molecular formula is C19H29NO4. The molecule has 0 aliphatic carbocycles. The molecule has 4 atom stereocenters. The molecule has 1 aromatic carbocycles. The lowest BCUT2D eigenvalue weighted by Crippen LogP contribution is -2.44. The first kappa shape index (κ1) is 17.5. The Bertz CT molecular complexity index is 514. The standard InChI is InChI=1S/C19H29NO4/c1-14-7-15(2)9-20(8-14)10-16(21)11-22-12-17-13-23-18-5-3-4-6-19(18)24-17/h3-6,14-17,21H,7-13H2,1-2H3/t14-,15-,16-,17+/m0/s1. The molecule has 0 radical (unpaired) electrons. The van der Waals surface area contributed by atoms with E-state index >= 15 is 0 Å². The number of aliphatic hydroxyl groups excluding tert-OH is 1. The first-order valence-corrected chi connectivity index (χ1v) is 8.96. The Kier molecular flexibility index (Phi) is 5.98. The van der Waals surface area contributed by atoms with E-state index in [9.17, 15) is 5.11 Å². The lowest BCUT2D eigenvalue weighted by molar-refractivity contribution is -0.0331. The summed E-state index contributed by atoms with van der Waals surface area (Å²) in [7, 11) is 0. The molecule has 5 nitrogen and oxygen atoms in total. The Morgan fingerprint density at radius 2 is 1.92 bits per heavy atom. The summed E-state index contributed by atoms with van der Waals surface area (Å²) < 4.78 is 17.2. The molecule has 2 aliphatic rings. The van der Waals surface area contributed by atoms with Gasteiger partial charge in [-0.05, 0) is 30.4 Å². The fraction of sp³-hybridized carbons (Fsp3) is 0.684. The highest BCUT2D eigenvalue weighted by atomic mass is 16.6. The molecule has 0 aromatic heterocycles. The van der Waals surface area contributed by atoms with Gasteiger partial charge in [0.25, 0.3) is 0 Å². The van der Waals surface area contributed by atoms with Crippen molar-refractivity contribution in [1.29, 1.82) is 0 Å². The number of β-amino-alcohol motifs (C(OH)–C–C–N with tert-alkyl or cyclic N) is 1. The van der Waals surface area contributed by atoms with Crippen molar-refractivity contribution in [3.63, 3.8) is 0 Å². The minimum absolute atomic E-state index is 0.123. The normalized spacial score (nSPS) is 28.5. The number of benzene rings is 1. The van der Waals surface area contributed by atoms with Crippen LogP contribution in [0.15, 0.2) is 24.3 Å². The minimum Gasteiger partial charge on any atom is -0.486 e. The quantitative estimate of drug-likeness (QED) is 0.863. The van der Waals surface area contributed by atoms with Crippen molar-refractivity contribution in [3.8, 4) is 11.5 Å². The van der Waals surface area contributed by atoms with Gasteiger partial charge in [0.15, 0.2) is 17.6 Å². The third-order valence-corrected chi connectivity index (χ3v) is 4.59. The highest BCUT2D eigenvalue weighted by Crippen LogP contribution is 2.30. The van der Waals surface area contributed by atoms with Crippen molar-refractivity contribution < 1.29 is 19.3 Å². The molecule has 0 bridgehead atoms. The Morgan fingerprint density at radius 3 is 2.67 bits per heavy atom. The SMILES string of the molecule is C[C@H]1C[C@H](C)CN(C[C@H](O)COC[C@@H]2COc3ccccc3O2)C1. The Balaban J connectivity index is 1.36. The van der Waals surface area contributed by atoms with E-state index in [4.69, 9.17) is 14.2 Å². The fourth-order valence-corrected chi connectivity index (χ4v) is 3.77. The largest absolute Gasteiger partial charge is 0.486 e. The molecule has 5 heteroatoms. The van der Waals surface area contributed by atoms with E-state index in [1.165, 1.54) is 6.42 Å². The van der Waals surface area contributed by atoms with Crippen molar-refractivity contribution in [3.05, 3.63) is 24.3 Å². The van der Waals surface area contributed by atoms with Crippen LogP contribution in [0.3, 0.4) is 0 Å². The Hall–Kier alpha value is -1.30. The van der Waals surface area contributed by atoms with Crippen LogP contribution in [-0.4, -0.2) is 61.7 Å². The summed E-state index contributed by atoms with van der Waals surface area (Å²) in [5.41, 5.74) is 0. The van der Waals surface area contributed by atoms with Gasteiger partial charge in [0, 0.05) is 19.6 Å². The van der Waals surface area contributed by atoms with Crippen LogP contribution in [-0.2, 0) is 4.74 Å². The average Bonchev–Trinajstić information content (AvgIpc) is 2.53. The lowest BCUT2D eigenvalue weighted by atomic mass is 9.92. The van der Waals surface area contributed by atoms with E-state index in [1.807, 2.05) is 24.3 Å². The monoisotopic (exact) mass is 335 g/mol. The molecule has 0 unspecified atom stereocenters. The van der Waals surface area contributed by atoms with E-state index in [-0.39, 0.29) is 6.10 Å². The molecule has 0 saturated carbocycles. The third-order valence-electron chi connectivity index (χ3n) is 4.59. The smallest absolute Gasteiger partial charge is 0.161 e. The molecule has 3 rings (SSSR count). The predicted octanol–water partition coefficient (Wildman–Crippen LogP) is 2.18. The van der Waals surface area contributed by atoms with Gasteiger partial charge in [-0.3, -0.25) is 0 Å². The molecule has 2 aliphatic heterocycles. The minimum atomic E-state index is -0.459. The van der Waals surface area contributed by atoms with Crippen LogP contribution in [0.2, 0.25) is 0 Å². The van der Waals surface area contributed by atoms with E-state index < -0.39 is 6.10 Å². The van der Waals surface area contributed by atoms with Crippen molar-refractivity contribution in [2.24, 2.45) is 11.8 Å². The zero-order chi connectivity index (χ0) is 16.9. The summed E-state index contributed by atoms with van der Waals surface area (Å²) in [6.07, 6.45) is 0.699. The van der Waals surface area contributed by atoms with Crippen molar-refractivity contribution in [2.75, 3.05) is 39.5 Å². The van der Waals surface area contributed by atoms with Gasteiger partial charge >= 0.3 is 0 Å². The van der Waals surface area contributed by atoms with Crippen LogP contribution in [0.4, 0.5) is 0 Å². The van der Waals surface area contributed by atoms with Gasteiger partial charge in [-0.1, -0.05) is 26.0 Å². The van der Waals surface area contributed by atoms with Gasteiger partial charge in [-0.2, -0.15) is 0 Å². The number of aliphatic hydroxyl groups is 1. The maximum absolute atomic E-state index is 10.2. The number of hydrogen-bond acceptors (Lipinski definition) is 5. The highest BCUT2D eigenvalue weighted by Gasteiger charge is 2.24. The first-order chi connectivity index (χ1) is 11.6. The molecule has 1 N–H and O–H groups in total. The van der Waals surface area contributed by atoms with Crippen LogP contribution in [0.1, 0.15) is 20.3 Å². The van der Waals surface area contributed by atoms with Crippen molar-refractivity contribution >= 4 is 0 Å². The van der Waals surface area contributed by atoms with Crippen molar-refractivity contribution in [2.45, 2.75) is 32.5 Å². The number of rotatable bonds is 6. The second-order valence-electron chi connectivity index (χ2n) is 7.35. The number of nitrogens with zero attached hydrogens (tertiary/aromatic N) is 1. The molecular weight excluding hydrogens is 306 g/mol. The molecule has 2 heterocycles. The first-order valence-electron chi connectivity index (χ1n) is 8.96. The molecule has 134 valence electrons. The highest BCUT2D eigenvalue weighted by molar-refractivity contribution is 5.40. The topological polar surface area (TPSA) is 51.2 Å². The van der Waals surface area contributed by atoms with Crippen LogP contribution in [0, 0.1) is 11.8 Å². The summed E-state index contributed by atoms with van der Waals surface area (Å²) in [5.74, 6) is 2.95. The maximum atomic E-state index is 10.2. The van der Waals surface area contributed by atoms with E-state index in [0.29, 0.717) is 38.2 Å². The lowest BCUT2D eigenvalue weighted by Gasteiger charge is -2.36.